The Hall–Kier alpha value is -1.59. The second-order valence-electron chi connectivity index (χ2n) is 4.49. The lowest BCUT2D eigenvalue weighted by atomic mass is 10.1. The van der Waals surface area contributed by atoms with Gasteiger partial charge in [0, 0.05) is 6.54 Å². The molecule has 1 heterocycles. The minimum atomic E-state index is -0.413. The molecule has 2 aromatic rings. The highest BCUT2D eigenvalue weighted by molar-refractivity contribution is 5.72. The van der Waals surface area contributed by atoms with Gasteiger partial charge < -0.3 is 15.5 Å². The van der Waals surface area contributed by atoms with E-state index < -0.39 is 5.76 Å². The zero-order valence-corrected chi connectivity index (χ0v) is 10.5. The molecule has 0 saturated carbocycles. The van der Waals surface area contributed by atoms with Gasteiger partial charge in [0.25, 0.3) is 0 Å². The van der Waals surface area contributed by atoms with E-state index in [-0.39, 0.29) is 0 Å². The molecule has 1 unspecified atom stereocenters. The van der Waals surface area contributed by atoms with Gasteiger partial charge in [0.05, 0.1) is 5.52 Å². The third-order valence-electron chi connectivity index (χ3n) is 3.16. The molecule has 0 radical (unpaired) electrons. The fourth-order valence-corrected chi connectivity index (χ4v) is 1.92. The second kappa shape index (κ2) is 5.84. The van der Waals surface area contributed by atoms with Crippen LogP contribution in [0.2, 0.25) is 0 Å². The number of H-pyrrole nitrogens is 1. The summed E-state index contributed by atoms with van der Waals surface area (Å²) in [5, 5.41) is 3.37. The van der Waals surface area contributed by atoms with E-state index in [1.807, 2.05) is 18.2 Å². The summed E-state index contributed by atoms with van der Waals surface area (Å²) < 4.78 is 4.95. The Kier molecular flexibility index (Phi) is 4.17. The van der Waals surface area contributed by atoms with Crippen LogP contribution in [0.15, 0.2) is 27.4 Å². The summed E-state index contributed by atoms with van der Waals surface area (Å²) in [5.74, 6) is 0.103. The maximum atomic E-state index is 11.0. The van der Waals surface area contributed by atoms with Gasteiger partial charge in [-0.3, -0.25) is 4.98 Å². The zero-order chi connectivity index (χ0) is 13.0. The molecular formula is C13H19N3O2. The summed E-state index contributed by atoms with van der Waals surface area (Å²) in [6.45, 7) is 4.52. The standard InChI is InChI=1S/C13H19N3O2/c1-2-9(6-14)7-15-8-10-3-4-12-11(5-10)16-13(17)18-12/h3-5,9,15H,2,6-8,14H2,1H3,(H,16,17). The lowest BCUT2D eigenvalue weighted by Gasteiger charge is -2.12. The maximum absolute atomic E-state index is 11.0. The van der Waals surface area contributed by atoms with E-state index in [1.54, 1.807) is 0 Å². The molecule has 0 aliphatic heterocycles. The van der Waals surface area contributed by atoms with E-state index in [4.69, 9.17) is 10.2 Å². The number of nitrogens with two attached hydrogens (primary N) is 1. The predicted molar refractivity (Wildman–Crippen MR) is 71.4 cm³/mol. The first-order valence-corrected chi connectivity index (χ1v) is 6.25. The van der Waals surface area contributed by atoms with E-state index in [0.717, 1.165) is 30.6 Å². The normalized spacial score (nSPS) is 13.0. The predicted octanol–water partition coefficient (Wildman–Crippen LogP) is 1.20. The number of hydrogen-bond donors (Lipinski definition) is 3. The van der Waals surface area contributed by atoms with Gasteiger partial charge in [-0.15, -0.1) is 0 Å². The van der Waals surface area contributed by atoms with E-state index in [9.17, 15) is 4.79 Å². The van der Waals surface area contributed by atoms with E-state index in [0.29, 0.717) is 18.0 Å². The highest BCUT2D eigenvalue weighted by atomic mass is 16.4. The van der Waals surface area contributed by atoms with Crippen molar-refractivity contribution in [2.24, 2.45) is 11.7 Å². The highest BCUT2D eigenvalue weighted by Gasteiger charge is 2.04. The van der Waals surface area contributed by atoms with Crippen LogP contribution in [0.3, 0.4) is 0 Å². The SMILES string of the molecule is CCC(CN)CNCc1ccc2oc(=O)[nH]c2c1. The van der Waals surface area contributed by atoms with Gasteiger partial charge in [-0.25, -0.2) is 4.79 Å². The first-order chi connectivity index (χ1) is 8.72. The third kappa shape index (κ3) is 3.00. The quantitative estimate of drug-likeness (QED) is 0.718. The van der Waals surface area contributed by atoms with Crippen molar-refractivity contribution in [3.8, 4) is 0 Å². The molecule has 18 heavy (non-hydrogen) atoms. The third-order valence-corrected chi connectivity index (χ3v) is 3.16. The van der Waals surface area contributed by atoms with Crippen molar-refractivity contribution in [3.05, 3.63) is 34.3 Å². The zero-order valence-electron chi connectivity index (χ0n) is 10.5. The molecule has 0 aliphatic carbocycles. The van der Waals surface area contributed by atoms with Gasteiger partial charge in [-0.05, 0) is 36.7 Å². The molecule has 0 fully saturated rings. The largest absolute Gasteiger partial charge is 0.417 e. The number of nitrogens with one attached hydrogen (secondary N) is 2. The van der Waals surface area contributed by atoms with Gasteiger partial charge >= 0.3 is 5.76 Å². The topological polar surface area (TPSA) is 84.0 Å². The Bertz CT molecular complexity index is 555. The molecule has 4 N–H and O–H groups in total. The maximum Gasteiger partial charge on any atom is 0.417 e. The average molecular weight is 249 g/mol. The van der Waals surface area contributed by atoms with Crippen LogP contribution in [0, 0.1) is 5.92 Å². The molecule has 0 saturated heterocycles. The number of hydrogen-bond acceptors (Lipinski definition) is 4. The lowest BCUT2D eigenvalue weighted by molar-refractivity contribution is 0.471. The Morgan fingerprint density at radius 2 is 2.33 bits per heavy atom. The average Bonchev–Trinajstić information content (AvgIpc) is 2.74. The highest BCUT2D eigenvalue weighted by Crippen LogP contribution is 2.12. The molecule has 5 heteroatoms. The molecule has 1 aromatic heterocycles. The van der Waals surface area contributed by atoms with Crippen molar-refractivity contribution in [1.82, 2.24) is 10.3 Å². The monoisotopic (exact) mass is 249 g/mol. The first kappa shape index (κ1) is 12.9. The van der Waals surface area contributed by atoms with Crippen LogP contribution in [0.5, 0.6) is 0 Å². The van der Waals surface area contributed by atoms with Crippen LogP contribution < -0.4 is 16.8 Å². The molecule has 5 nitrogen and oxygen atoms in total. The number of benzene rings is 1. The smallest absolute Gasteiger partial charge is 0.408 e. The van der Waals surface area contributed by atoms with Crippen LogP contribution >= 0.6 is 0 Å². The van der Waals surface area contributed by atoms with E-state index >= 15 is 0 Å². The minimum absolute atomic E-state index is 0.413. The number of rotatable bonds is 6. The fourth-order valence-electron chi connectivity index (χ4n) is 1.92. The van der Waals surface area contributed by atoms with E-state index in [1.165, 1.54) is 0 Å². The molecule has 1 aromatic carbocycles. The summed E-state index contributed by atoms with van der Waals surface area (Å²) in [6, 6.07) is 5.69. The summed E-state index contributed by atoms with van der Waals surface area (Å²) >= 11 is 0. The fraction of sp³-hybridized carbons (Fsp3) is 0.462. The van der Waals surface area contributed by atoms with Crippen molar-refractivity contribution in [2.45, 2.75) is 19.9 Å². The first-order valence-electron chi connectivity index (χ1n) is 6.25. The summed E-state index contributed by atoms with van der Waals surface area (Å²) in [5.41, 5.74) is 8.10. The van der Waals surface area contributed by atoms with Crippen LogP contribution in [-0.4, -0.2) is 18.1 Å². The van der Waals surface area contributed by atoms with Gasteiger partial charge in [-0.1, -0.05) is 19.4 Å². The molecule has 0 spiro atoms. The Morgan fingerprint density at radius 1 is 1.50 bits per heavy atom. The van der Waals surface area contributed by atoms with Gasteiger partial charge in [-0.2, -0.15) is 0 Å². The van der Waals surface area contributed by atoms with Crippen molar-refractivity contribution >= 4 is 11.1 Å². The Morgan fingerprint density at radius 3 is 3.06 bits per heavy atom. The molecule has 98 valence electrons. The molecule has 0 amide bonds. The summed E-state index contributed by atoms with van der Waals surface area (Å²) in [6.07, 6.45) is 1.08. The van der Waals surface area contributed by atoms with Crippen LogP contribution in [0.4, 0.5) is 0 Å². The molecule has 0 aliphatic rings. The number of aromatic amines is 1. The lowest BCUT2D eigenvalue weighted by Crippen LogP contribution is -2.27. The van der Waals surface area contributed by atoms with Gasteiger partial charge in [0.15, 0.2) is 5.58 Å². The number of fused-ring (bicyclic) bond motifs is 1. The second-order valence-corrected chi connectivity index (χ2v) is 4.49. The van der Waals surface area contributed by atoms with Gasteiger partial charge in [0.1, 0.15) is 0 Å². The summed E-state index contributed by atoms with van der Waals surface area (Å²) in [4.78, 5) is 13.7. The van der Waals surface area contributed by atoms with Crippen LogP contribution in [0.1, 0.15) is 18.9 Å². The Labute approximate surface area is 105 Å². The number of aromatic nitrogens is 1. The van der Waals surface area contributed by atoms with Crippen molar-refractivity contribution in [1.29, 1.82) is 0 Å². The van der Waals surface area contributed by atoms with E-state index in [2.05, 4.69) is 17.2 Å². The van der Waals surface area contributed by atoms with Crippen molar-refractivity contribution in [2.75, 3.05) is 13.1 Å². The minimum Gasteiger partial charge on any atom is -0.408 e. The van der Waals surface area contributed by atoms with Gasteiger partial charge in [0.2, 0.25) is 0 Å². The van der Waals surface area contributed by atoms with Crippen molar-refractivity contribution in [3.63, 3.8) is 0 Å². The molecule has 2 rings (SSSR count). The Balaban J connectivity index is 1.97. The molecular weight excluding hydrogens is 230 g/mol. The number of oxazole rings is 1. The van der Waals surface area contributed by atoms with Crippen LogP contribution in [-0.2, 0) is 6.54 Å². The summed E-state index contributed by atoms with van der Waals surface area (Å²) in [7, 11) is 0. The van der Waals surface area contributed by atoms with Crippen LogP contribution in [0.25, 0.3) is 11.1 Å². The van der Waals surface area contributed by atoms with Crippen molar-refractivity contribution < 1.29 is 4.42 Å². The molecule has 0 bridgehead atoms. The molecule has 1 atom stereocenters.